The predicted octanol–water partition coefficient (Wildman–Crippen LogP) is 2.42. The van der Waals surface area contributed by atoms with Crippen molar-refractivity contribution in [3.63, 3.8) is 0 Å². The van der Waals surface area contributed by atoms with Crippen LogP contribution >= 0.6 is 0 Å². The Morgan fingerprint density at radius 3 is 2.50 bits per heavy atom. The number of fused-ring (bicyclic) bond motifs is 1. The van der Waals surface area contributed by atoms with Crippen molar-refractivity contribution in [3.8, 4) is 0 Å². The number of methoxy groups -OCH3 is 1. The highest BCUT2D eigenvalue weighted by molar-refractivity contribution is 5.94. The molecule has 0 N–H and O–H groups in total. The zero-order valence-corrected chi connectivity index (χ0v) is 13.3. The van der Waals surface area contributed by atoms with E-state index >= 15 is 0 Å². The van der Waals surface area contributed by atoms with E-state index in [9.17, 15) is 9.59 Å². The van der Waals surface area contributed by atoms with Gasteiger partial charge in [0, 0.05) is 17.7 Å². The van der Waals surface area contributed by atoms with E-state index in [1.54, 1.807) is 5.01 Å². The molecule has 0 bridgehead atoms. The molecule has 2 aliphatic rings. The molecule has 5 nitrogen and oxygen atoms in total. The molecule has 1 fully saturated rings. The van der Waals surface area contributed by atoms with E-state index in [0.717, 1.165) is 5.56 Å². The molecule has 116 valence electrons. The van der Waals surface area contributed by atoms with Gasteiger partial charge in [0.25, 0.3) is 0 Å². The van der Waals surface area contributed by atoms with E-state index in [-0.39, 0.29) is 23.5 Å². The van der Waals surface area contributed by atoms with Crippen LogP contribution in [0, 0.1) is 0 Å². The monoisotopic (exact) mass is 300 g/mol. The second-order valence-corrected chi connectivity index (χ2v) is 6.34. The molecule has 22 heavy (non-hydrogen) atoms. The van der Waals surface area contributed by atoms with Crippen LogP contribution in [0.1, 0.15) is 38.8 Å². The summed E-state index contributed by atoms with van der Waals surface area (Å²) in [7, 11) is 1.37. The molecule has 2 heterocycles. The largest absolute Gasteiger partial charge is 0.466 e. The fourth-order valence-corrected chi connectivity index (χ4v) is 3.48. The number of nitrogens with zero attached hydrogens (tertiary/aromatic N) is 2. The molecule has 1 atom stereocenters. The molecule has 1 aromatic rings. The lowest BCUT2D eigenvalue weighted by Crippen LogP contribution is -2.44. The maximum Gasteiger partial charge on any atom is 0.337 e. The van der Waals surface area contributed by atoms with E-state index in [0.29, 0.717) is 17.7 Å². The number of hydrazine groups is 1. The number of benzene rings is 1. The SMILES string of the molecule is COC(=O)C1=C(C)N2C(=O)CC(C)(C)N2C1c1ccccc1. The summed E-state index contributed by atoms with van der Waals surface area (Å²) in [5.41, 5.74) is 1.83. The third kappa shape index (κ3) is 1.96. The van der Waals surface area contributed by atoms with Crippen LogP contribution in [0.25, 0.3) is 0 Å². The predicted molar refractivity (Wildman–Crippen MR) is 81.3 cm³/mol. The van der Waals surface area contributed by atoms with Gasteiger partial charge in [-0.15, -0.1) is 0 Å². The first-order chi connectivity index (χ1) is 10.4. The van der Waals surface area contributed by atoms with Crippen molar-refractivity contribution in [1.82, 2.24) is 10.0 Å². The number of ether oxygens (including phenoxy) is 1. The van der Waals surface area contributed by atoms with Crippen LogP contribution in [0.2, 0.25) is 0 Å². The lowest BCUT2D eigenvalue weighted by molar-refractivity contribution is -0.138. The van der Waals surface area contributed by atoms with Crippen molar-refractivity contribution >= 4 is 11.9 Å². The summed E-state index contributed by atoms with van der Waals surface area (Å²) in [4.78, 5) is 24.7. The van der Waals surface area contributed by atoms with Crippen molar-refractivity contribution in [2.45, 2.75) is 38.8 Å². The van der Waals surface area contributed by atoms with Crippen LogP contribution in [-0.2, 0) is 14.3 Å². The third-order valence-corrected chi connectivity index (χ3v) is 4.40. The number of allylic oxidation sites excluding steroid dienone is 1. The van der Waals surface area contributed by atoms with Crippen molar-refractivity contribution in [3.05, 3.63) is 47.2 Å². The van der Waals surface area contributed by atoms with Crippen LogP contribution in [0.5, 0.6) is 0 Å². The minimum Gasteiger partial charge on any atom is -0.466 e. The highest BCUT2D eigenvalue weighted by atomic mass is 16.5. The second-order valence-electron chi connectivity index (χ2n) is 6.34. The van der Waals surface area contributed by atoms with Gasteiger partial charge in [-0.05, 0) is 26.3 Å². The summed E-state index contributed by atoms with van der Waals surface area (Å²) < 4.78 is 4.96. The molecule has 1 unspecified atom stereocenters. The Hall–Kier alpha value is -2.14. The highest BCUT2D eigenvalue weighted by Crippen LogP contribution is 2.49. The van der Waals surface area contributed by atoms with Gasteiger partial charge in [0.2, 0.25) is 5.91 Å². The summed E-state index contributed by atoms with van der Waals surface area (Å²) >= 11 is 0. The van der Waals surface area contributed by atoms with Crippen molar-refractivity contribution < 1.29 is 14.3 Å². The van der Waals surface area contributed by atoms with Crippen LogP contribution in [0.3, 0.4) is 0 Å². The van der Waals surface area contributed by atoms with Gasteiger partial charge in [-0.25, -0.2) is 9.80 Å². The molecule has 0 aliphatic carbocycles. The Labute approximate surface area is 130 Å². The van der Waals surface area contributed by atoms with E-state index in [4.69, 9.17) is 4.74 Å². The maximum absolute atomic E-state index is 12.4. The lowest BCUT2D eigenvalue weighted by atomic mass is 9.92. The molecule has 0 spiro atoms. The summed E-state index contributed by atoms with van der Waals surface area (Å²) in [6.07, 6.45) is 0.433. The van der Waals surface area contributed by atoms with E-state index in [1.807, 2.05) is 56.1 Å². The average Bonchev–Trinajstić information content (AvgIpc) is 2.93. The summed E-state index contributed by atoms with van der Waals surface area (Å²) in [5.74, 6) is -0.369. The van der Waals surface area contributed by atoms with Crippen LogP contribution < -0.4 is 0 Å². The molecule has 1 aromatic carbocycles. The van der Waals surface area contributed by atoms with Gasteiger partial charge in [0.1, 0.15) is 0 Å². The van der Waals surface area contributed by atoms with Gasteiger partial charge < -0.3 is 4.74 Å². The summed E-state index contributed by atoms with van der Waals surface area (Å²) in [6, 6.07) is 9.47. The first-order valence-corrected chi connectivity index (χ1v) is 7.34. The Kier molecular flexibility index (Phi) is 3.33. The fraction of sp³-hybridized carbons (Fsp3) is 0.412. The fourth-order valence-electron chi connectivity index (χ4n) is 3.48. The number of rotatable bonds is 2. The Morgan fingerprint density at radius 2 is 1.91 bits per heavy atom. The molecule has 1 amide bonds. The summed E-state index contributed by atoms with van der Waals surface area (Å²) in [5, 5.41) is 3.65. The smallest absolute Gasteiger partial charge is 0.337 e. The molecule has 0 aromatic heterocycles. The number of hydrogen-bond donors (Lipinski definition) is 0. The molecular weight excluding hydrogens is 280 g/mol. The molecule has 5 heteroatoms. The van der Waals surface area contributed by atoms with Gasteiger partial charge in [0.05, 0.1) is 18.7 Å². The third-order valence-electron chi connectivity index (χ3n) is 4.40. The summed E-state index contributed by atoms with van der Waals surface area (Å²) in [6.45, 7) is 5.85. The molecule has 2 aliphatic heterocycles. The Balaban J connectivity index is 2.19. The zero-order chi connectivity index (χ0) is 16.1. The highest BCUT2D eigenvalue weighted by Gasteiger charge is 2.55. The van der Waals surface area contributed by atoms with E-state index in [1.165, 1.54) is 7.11 Å². The minimum absolute atomic E-state index is 0.0161. The number of amides is 1. The Bertz CT molecular complexity index is 664. The van der Waals surface area contributed by atoms with Crippen molar-refractivity contribution in [1.29, 1.82) is 0 Å². The lowest BCUT2D eigenvalue weighted by Gasteiger charge is -2.36. The maximum atomic E-state index is 12.4. The zero-order valence-electron chi connectivity index (χ0n) is 13.3. The first kappa shape index (κ1) is 14.8. The van der Waals surface area contributed by atoms with Gasteiger partial charge >= 0.3 is 5.97 Å². The second kappa shape index (κ2) is 4.95. The number of hydrogen-bond acceptors (Lipinski definition) is 4. The first-order valence-electron chi connectivity index (χ1n) is 7.34. The van der Waals surface area contributed by atoms with Crippen molar-refractivity contribution in [2.24, 2.45) is 0 Å². The van der Waals surface area contributed by atoms with Gasteiger partial charge in [-0.1, -0.05) is 30.3 Å². The topological polar surface area (TPSA) is 49.9 Å². The van der Waals surface area contributed by atoms with E-state index < -0.39 is 0 Å². The molecule has 0 radical (unpaired) electrons. The Morgan fingerprint density at radius 1 is 1.27 bits per heavy atom. The quantitative estimate of drug-likeness (QED) is 0.787. The molecular formula is C17H20N2O3. The van der Waals surface area contributed by atoms with Crippen LogP contribution in [-0.4, -0.2) is 34.5 Å². The van der Waals surface area contributed by atoms with E-state index in [2.05, 4.69) is 0 Å². The van der Waals surface area contributed by atoms with Crippen LogP contribution in [0.15, 0.2) is 41.6 Å². The number of carbonyl (C=O) groups excluding carboxylic acids is 2. The normalized spacial score (nSPS) is 23.9. The average molecular weight is 300 g/mol. The van der Waals surface area contributed by atoms with Crippen molar-refractivity contribution in [2.75, 3.05) is 7.11 Å². The standard InChI is InChI=1S/C17H20N2O3/c1-11-14(16(21)22-4)15(12-8-6-5-7-9-12)19-17(2,3)10-13(20)18(11)19/h5-9,15H,10H2,1-4H3. The minimum atomic E-state index is -0.385. The van der Waals surface area contributed by atoms with Gasteiger partial charge in [0.15, 0.2) is 0 Å². The molecule has 0 saturated carbocycles. The molecule has 3 rings (SSSR count). The van der Waals surface area contributed by atoms with Gasteiger partial charge in [-0.3, -0.25) is 4.79 Å². The van der Waals surface area contributed by atoms with Crippen LogP contribution in [0.4, 0.5) is 0 Å². The number of esters is 1. The van der Waals surface area contributed by atoms with Gasteiger partial charge in [-0.2, -0.15) is 5.01 Å². The number of carbonyl (C=O) groups is 2. The molecule has 1 saturated heterocycles.